The summed E-state index contributed by atoms with van der Waals surface area (Å²) in [4.78, 5) is 12.0. The first kappa shape index (κ1) is 14.9. The van der Waals surface area contributed by atoms with Crippen LogP contribution in [-0.2, 0) is 4.79 Å². The van der Waals surface area contributed by atoms with E-state index < -0.39 is 11.9 Å². The molecule has 1 aromatic carbocycles. The third kappa shape index (κ3) is 3.77. The Labute approximate surface area is 118 Å². The van der Waals surface area contributed by atoms with Gasteiger partial charge in [0.05, 0.1) is 6.10 Å². The topological polar surface area (TPSA) is 75.4 Å². The minimum absolute atomic E-state index is 0.0193. The van der Waals surface area contributed by atoms with Gasteiger partial charge in [-0.25, -0.2) is 4.39 Å². The minimum Gasteiger partial charge on any atom is -0.386 e. The van der Waals surface area contributed by atoms with Crippen LogP contribution in [0.5, 0.6) is 0 Å². The first-order valence-corrected chi connectivity index (χ1v) is 7.03. The molecule has 1 saturated carbocycles. The summed E-state index contributed by atoms with van der Waals surface area (Å²) in [5, 5.41) is 12.6. The molecule has 1 amide bonds. The molecule has 0 aliphatic heterocycles. The standard InChI is InChI=1S/C15H21FN2O2/c16-13-7-2-1-6-12(13)14(19)9-18-15(20)10-4-3-5-11(17)8-10/h1-2,6-7,10-11,14,19H,3-5,8-9,17H2,(H,18,20)/t10-,11-,14+/m1/s1. The SMILES string of the molecule is N[C@@H]1CCC[C@@H](C(=O)NC[C@H](O)c2ccccc2F)C1. The largest absolute Gasteiger partial charge is 0.386 e. The molecular formula is C15H21FN2O2. The number of benzene rings is 1. The summed E-state index contributed by atoms with van der Waals surface area (Å²) in [5.41, 5.74) is 6.05. The van der Waals surface area contributed by atoms with Crippen molar-refractivity contribution in [2.45, 2.75) is 37.8 Å². The van der Waals surface area contributed by atoms with E-state index in [1.807, 2.05) is 0 Å². The van der Waals surface area contributed by atoms with Gasteiger partial charge in [-0.1, -0.05) is 24.6 Å². The van der Waals surface area contributed by atoms with E-state index >= 15 is 0 Å². The Kier molecular flexibility index (Phi) is 5.09. The van der Waals surface area contributed by atoms with Crippen LogP contribution in [0.1, 0.15) is 37.4 Å². The molecular weight excluding hydrogens is 259 g/mol. The van der Waals surface area contributed by atoms with Gasteiger partial charge >= 0.3 is 0 Å². The fourth-order valence-electron chi connectivity index (χ4n) is 2.66. The van der Waals surface area contributed by atoms with Gasteiger partial charge in [-0.2, -0.15) is 0 Å². The number of hydrogen-bond acceptors (Lipinski definition) is 3. The monoisotopic (exact) mass is 280 g/mol. The van der Waals surface area contributed by atoms with Gasteiger partial charge in [-0.05, 0) is 25.3 Å². The fraction of sp³-hybridized carbons (Fsp3) is 0.533. The summed E-state index contributed by atoms with van der Waals surface area (Å²) >= 11 is 0. The third-order valence-corrected chi connectivity index (χ3v) is 3.82. The van der Waals surface area contributed by atoms with Crippen LogP contribution in [-0.4, -0.2) is 23.6 Å². The summed E-state index contributed by atoms with van der Waals surface area (Å²) in [5.74, 6) is -0.656. The van der Waals surface area contributed by atoms with Crippen molar-refractivity contribution in [3.63, 3.8) is 0 Å². The van der Waals surface area contributed by atoms with Gasteiger partial charge in [-0.15, -0.1) is 0 Å². The lowest BCUT2D eigenvalue weighted by molar-refractivity contribution is -0.126. The molecule has 2 rings (SSSR count). The molecule has 1 fully saturated rings. The number of rotatable bonds is 4. The van der Waals surface area contributed by atoms with Crippen LogP contribution in [0.25, 0.3) is 0 Å². The van der Waals surface area contributed by atoms with E-state index in [0.717, 1.165) is 19.3 Å². The van der Waals surface area contributed by atoms with Gasteiger partial charge in [0.15, 0.2) is 0 Å². The fourth-order valence-corrected chi connectivity index (χ4v) is 2.66. The smallest absolute Gasteiger partial charge is 0.223 e. The van der Waals surface area contributed by atoms with E-state index in [4.69, 9.17) is 5.73 Å². The van der Waals surface area contributed by atoms with E-state index in [0.29, 0.717) is 6.42 Å². The Bertz CT molecular complexity index is 467. The zero-order valence-electron chi connectivity index (χ0n) is 11.4. The Balaban J connectivity index is 1.85. The highest BCUT2D eigenvalue weighted by Gasteiger charge is 2.25. The summed E-state index contributed by atoms with van der Waals surface area (Å²) in [6, 6.07) is 6.11. The Morgan fingerprint density at radius 1 is 1.45 bits per heavy atom. The average Bonchev–Trinajstić information content (AvgIpc) is 2.45. The zero-order chi connectivity index (χ0) is 14.5. The van der Waals surface area contributed by atoms with Gasteiger partial charge in [-0.3, -0.25) is 4.79 Å². The molecule has 20 heavy (non-hydrogen) atoms. The van der Waals surface area contributed by atoms with Gasteiger partial charge in [0, 0.05) is 24.1 Å². The number of amides is 1. The molecule has 4 nitrogen and oxygen atoms in total. The van der Waals surface area contributed by atoms with Crippen molar-refractivity contribution in [1.29, 1.82) is 0 Å². The van der Waals surface area contributed by atoms with Crippen LogP contribution in [0.3, 0.4) is 0 Å². The highest BCUT2D eigenvalue weighted by atomic mass is 19.1. The Morgan fingerprint density at radius 2 is 2.20 bits per heavy atom. The zero-order valence-corrected chi connectivity index (χ0v) is 11.4. The maximum absolute atomic E-state index is 13.5. The van der Waals surface area contributed by atoms with Crippen molar-refractivity contribution >= 4 is 5.91 Å². The number of aliphatic hydroxyl groups excluding tert-OH is 1. The number of aliphatic hydroxyl groups is 1. The van der Waals surface area contributed by atoms with Crippen molar-refractivity contribution in [3.8, 4) is 0 Å². The quantitative estimate of drug-likeness (QED) is 0.782. The van der Waals surface area contributed by atoms with Gasteiger partial charge in [0.25, 0.3) is 0 Å². The number of carbonyl (C=O) groups is 1. The lowest BCUT2D eigenvalue weighted by atomic mass is 9.85. The van der Waals surface area contributed by atoms with Crippen LogP contribution in [0.15, 0.2) is 24.3 Å². The molecule has 5 heteroatoms. The van der Waals surface area contributed by atoms with Crippen LogP contribution < -0.4 is 11.1 Å². The van der Waals surface area contributed by atoms with E-state index in [9.17, 15) is 14.3 Å². The van der Waals surface area contributed by atoms with Crippen molar-refractivity contribution in [1.82, 2.24) is 5.32 Å². The second-order valence-corrected chi connectivity index (χ2v) is 5.41. The van der Waals surface area contributed by atoms with Crippen molar-refractivity contribution in [3.05, 3.63) is 35.6 Å². The maximum Gasteiger partial charge on any atom is 0.223 e. The van der Waals surface area contributed by atoms with E-state index in [1.165, 1.54) is 12.1 Å². The molecule has 1 aliphatic carbocycles. The number of nitrogens with one attached hydrogen (secondary N) is 1. The predicted octanol–water partition coefficient (Wildman–Crippen LogP) is 1.49. The maximum atomic E-state index is 13.5. The highest BCUT2D eigenvalue weighted by molar-refractivity contribution is 5.78. The van der Waals surface area contributed by atoms with Crippen LogP contribution in [0.4, 0.5) is 4.39 Å². The summed E-state index contributed by atoms with van der Waals surface area (Å²) in [6.45, 7) is 0.0193. The highest BCUT2D eigenvalue weighted by Crippen LogP contribution is 2.23. The third-order valence-electron chi connectivity index (χ3n) is 3.82. The van der Waals surface area contributed by atoms with Crippen LogP contribution in [0.2, 0.25) is 0 Å². The molecule has 0 spiro atoms. The van der Waals surface area contributed by atoms with Gasteiger partial charge < -0.3 is 16.2 Å². The molecule has 1 aromatic rings. The minimum atomic E-state index is -1.03. The van der Waals surface area contributed by atoms with Crippen LogP contribution >= 0.6 is 0 Å². The average molecular weight is 280 g/mol. The lowest BCUT2D eigenvalue weighted by Crippen LogP contribution is -2.39. The van der Waals surface area contributed by atoms with E-state index in [-0.39, 0.29) is 30.0 Å². The van der Waals surface area contributed by atoms with E-state index in [2.05, 4.69) is 5.32 Å². The van der Waals surface area contributed by atoms with E-state index in [1.54, 1.807) is 12.1 Å². The normalized spacial score (nSPS) is 24.1. The molecule has 1 aliphatic rings. The second-order valence-electron chi connectivity index (χ2n) is 5.41. The van der Waals surface area contributed by atoms with Gasteiger partial charge in [0.2, 0.25) is 5.91 Å². The predicted molar refractivity (Wildman–Crippen MR) is 74.3 cm³/mol. The van der Waals surface area contributed by atoms with Gasteiger partial charge in [0.1, 0.15) is 5.82 Å². The van der Waals surface area contributed by atoms with Crippen LogP contribution in [0, 0.1) is 11.7 Å². The first-order valence-electron chi connectivity index (χ1n) is 7.03. The lowest BCUT2D eigenvalue weighted by Gasteiger charge is -2.26. The Morgan fingerprint density at radius 3 is 2.90 bits per heavy atom. The molecule has 0 aromatic heterocycles. The second kappa shape index (κ2) is 6.81. The molecule has 110 valence electrons. The number of carbonyl (C=O) groups excluding carboxylic acids is 1. The molecule has 4 N–H and O–H groups in total. The molecule has 0 unspecified atom stereocenters. The number of nitrogens with two attached hydrogens (primary N) is 1. The molecule has 0 heterocycles. The van der Waals surface area contributed by atoms with Crippen molar-refractivity contribution in [2.24, 2.45) is 11.7 Å². The molecule has 0 saturated heterocycles. The summed E-state index contributed by atoms with van der Waals surface area (Å²) in [7, 11) is 0. The molecule has 0 radical (unpaired) electrons. The van der Waals surface area contributed by atoms with Crippen molar-refractivity contribution in [2.75, 3.05) is 6.54 Å². The summed E-state index contributed by atoms with van der Waals surface area (Å²) < 4.78 is 13.5. The number of hydrogen-bond donors (Lipinski definition) is 3. The Hall–Kier alpha value is -1.46. The van der Waals surface area contributed by atoms with Crippen molar-refractivity contribution < 1.29 is 14.3 Å². The first-order chi connectivity index (χ1) is 9.58. The summed E-state index contributed by atoms with van der Waals surface area (Å²) in [6.07, 6.45) is 2.39. The molecule has 3 atom stereocenters. The number of halogens is 1. The molecule has 0 bridgehead atoms.